The fourth-order valence-electron chi connectivity index (χ4n) is 3.12. The molecule has 0 spiro atoms. The Bertz CT molecular complexity index is 1300. The molecule has 198 valence electrons. The zero-order valence-corrected chi connectivity index (χ0v) is 21.6. The largest absolute Gasteiger partial charge is 0.456 e. The molecule has 3 rings (SSSR count). The molecule has 0 saturated heterocycles. The second kappa shape index (κ2) is 12.3. The molecule has 0 fully saturated rings. The molecule has 3 aromatic rings. The van der Waals surface area contributed by atoms with Crippen LogP contribution in [0.1, 0.15) is 36.7 Å². The van der Waals surface area contributed by atoms with E-state index in [1.807, 2.05) is 0 Å². The first-order valence-electron chi connectivity index (χ1n) is 11.4. The number of carbonyl (C=O) groups is 2. The van der Waals surface area contributed by atoms with Gasteiger partial charge in [-0.2, -0.15) is 0 Å². The van der Waals surface area contributed by atoms with Gasteiger partial charge >= 0.3 is 5.97 Å². The van der Waals surface area contributed by atoms with Gasteiger partial charge in [0.2, 0.25) is 0 Å². The number of non-ortho nitro benzene ring substituents is 2. The Labute approximate surface area is 222 Å². The Morgan fingerprint density at radius 2 is 1.39 bits per heavy atom. The van der Waals surface area contributed by atoms with Crippen LogP contribution in [0.25, 0.3) is 0 Å². The first-order valence-corrected chi connectivity index (χ1v) is 12.1. The molecule has 1 amide bonds. The van der Waals surface area contributed by atoms with Gasteiger partial charge < -0.3 is 10.1 Å². The summed E-state index contributed by atoms with van der Waals surface area (Å²) >= 11 is 0.874. The van der Waals surface area contributed by atoms with Crippen LogP contribution in [0, 0.1) is 20.2 Å². The molecule has 0 radical (unpaired) electrons. The van der Waals surface area contributed by atoms with Crippen molar-refractivity contribution >= 4 is 41.0 Å². The van der Waals surface area contributed by atoms with E-state index >= 15 is 0 Å². The van der Waals surface area contributed by atoms with E-state index in [0.29, 0.717) is 21.7 Å². The molecule has 0 aliphatic heterocycles. The summed E-state index contributed by atoms with van der Waals surface area (Å²) in [6.45, 7) is 5.29. The second-order valence-corrected chi connectivity index (χ2v) is 9.95. The van der Waals surface area contributed by atoms with Crippen molar-refractivity contribution in [2.24, 2.45) is 0 Å². The number of ether oxygens (including phenoxy) is 1. The van der Waals surface area contributed by atoms with Crippen LogP contribution in [0.5, 0.6) is 0 Å². The van der Waals surface area contributed by atoms with Crippen LogP contribution >= 0.6 is 12.0 Å². The summed E-state index contributed by atoms with van der Waals surface area (Å²) in [6, 6.07) is 17.6. The smallest absolute Gasteiger partial charge is 0.338 e. The highest BCUT2D eigenvalue weighted by Crippen LogP contribution is 2.26. The lowest BCUT2D eigenvalue weighted by Gasteiger charge is -2.19. The average molecular weight is 540 g/mol. The summed E-state index contributed by atoms with van der Waals surface area (Å²) in [4.78, 5) is 46.7. The molecule has 1 N–H and O–H groups in total. The number of hydrogen-bond acceptors (Lipinski definition) is 9. The summed E-state index contributed by atoms with van der Waals surface area (Å²) in [5.41, 5.74) is 0.559. The van der Waals surface area contributed by atoms with Crippen molar-refractivity contribution in [3.05, 3.63) is 104 Å². The summed E-state index contributed by atoms with van der Waals surface area (Å²) < 4.78 is 11.1. The quantitative estimate of drug-likeness (QED) is 0.147. The maximum absolute atomic E-state index is 13.1. The van der Waals surface area contributed by atoms with Crippen molar-refractivity contribution < 1.29 is 28.4 Å². The number of anilines is 1. The van der Waals surface area contributed by atoms with Crippen molar-refractivity contribution in [3.63, 3.8) is 0 Å². The maximum Gasteiger partial charge on any atom is 0.338 e. The van der Waals surface area contributed by atoms with E-state index in [1.165, 1.54) is 60.7 Å². The Hall–Kier alpha value is -4.29. The number of carbonyl (C=O) groups excluding carboxylic acids is 2. The summed E-state index contributed by atoms with van der Waals surface area (Å²) in [5.74, 6) is -0.989. The maximum atomic E-state index is 13.1. The van der Waals surface area contributed by atoms with Gasteiger partial charge in [-0.1, -0.05) is 12.1 Å². The first-order chi connectivity index (χ1) is 17.9. The highest BCUT2D eigenvalue weighted by Gasteiger charge is 2.23. The number of benzene rings is 3. The van der Waals surface area contributed by atoms with Gasteiger partial charge in [0.25, 0.3) is 17.3 Å². The summed E-state index contributed by atoms with van der Waals surface area (Å²) in [7, 11) is 0. The van der Waals surface area contributed by atoms with Crippen molar-refractivity contribution in [1.29, 1.82) is 0 Å². The minimum Gasteiger partial charge on any atom is -0.456 e. The number of rotatable bonds is 10. The molecule has 11 nitrogen and oxygen atoms in total. The molecule has 0 saturated carbocycles. The molecular weight excluding hydrogens is 514 g/mol. The van der Waals surface area contributed by atoms with E-state index in [4.69, 9.17) is 8.92 Å². The van der Waals surface area contributed by atoms with Gasteiger partial charge in [-0.25, -0.2) is 4.79 Å². The van der Waals surface area contributed by atoms with Crippen LogP contribution in [-0.4, -0.2) is 33.4 Å². The van der Waals surface area contributed by atoms with Crippen molar-refractivity contribution in [3.8, 4) is 0 Å². The fourth-order valence-corrected chi connectivity index (χ4v) is 3.75. The first kappa shape index (κ1) is 28.3. The molecule has 0 aromatic heterocycles. The zero-order chi connectivity index (χ0) is 27.9. The van der Waals surface area contributed by atoms with E-state index in [9.17, 15) is 29.8 Å². The average Bonchev–Trinajstić information content (AvgIpc) is 2.86. The predicted molar refractivity (Wildman–Crippen MR) is 141 cm³/mol. The lowest BCUT2D eigenvalue weighted by Crippen LogP contribution is -2.31. The lowest BCUT2D eigenvalue weighted by atomic mass is 10.1. The van der Waals surface area contributed by atoms with Gasteiger partial charge in [-0.3, -0.25) is 29.2 Å². The molecule has 38 heavy (non-hydrogen) atoms. The van der Waals surface area contributed by atoms with E-state index in [-0.39, 0.29) is 17.8 Å². The Morgan fingerprint density at radius 3 is 1.89 bits per heavy atom. The fraction of sp³-hybridized carbons (Fsp3) is 0.231. The van der Waals surface area contributed by atoms with Gasteiger partial charge in [0.1, 0.15) is 5.60 Å². The van der Waals surface area contributed by atoms with Gasteiger partial charge in [-0.05, 0) is 62.7 Å². The van der Waals surface area contributed by atoms with Crippen LogP contribution < -0.4 is 5.32 Å². The number of nitro groups is 2. The monoisotopic (exact) mass is 539 g/mol. The SMILES string of the molecule is CC(C)(C)OC(=O)c1ccc(NC(=O)C(Cc2ccc([N+](=O)[O-])cc2)OSc2ccc([N+](=O)[O-])cc2)cc1. The van der Waals surface area contributed by atoms with Gasteiger partial charge in [0, 0.05) is 53.3 Å². The number of nitrogens with zero attached hydrogens (tertiary/aromatic N) is 2. The summed E-state index contributed by atoms with van der Waals surface area (Å²) in [5, 5.41) is 24.6. The van der Waals surface area contributed by atoms with Crippen LogP contribution in [0.3, 0.4) is 0 Å². The second-order valence-electron chi connectivity index (χ2n) is 9.12. The third-order valence-corrected chi connectivity index (χ3v) is 5.75. The van der Waals surface area contributed by atoms with E-state index in [0.717, 1.165) is 12.0 Å². The number of esters is 1. The Kier molecular flexibility index (Phi) is 9.16. The number of amides is 1. The summed E-state index contributed by atoms with van der Waals surface area (Å²) in [6.07, 6.45) is -0.929. The Morgan fingerprint density at radius 1 is 0.868 bits per heavy atom. The number of nitro benzene ring substituents is 2. The highest BCUT2D eigenvalue weighted by atomic mass is 32.2. The molecule has 0 aliphatic carbocycles. The molecular formula is C26H25N3O8S. The van der Waals surface area contributed by atoms with Crippen molar-refractivity contribution in [2.75, 3.05) is 5.32 Å². The minimum atomic E-state index is -1.03. The van der Waals surface area contributed by atoms with Crippen LogP contribution in [-0.2, 0) is 20.1 Å². The molecule has 0 bridgehead atoms. The minimum absolute atomic E-state index is 0.0793. The Balaban J connectivity index is 1.73. The molecule has 3 aromatic carbocycles. The van der Waals surface area contributed by atoms with Gasteiger partial charge in [0.05, 0.1) is 15.4 Å². The van der Waals surface area contributed by atoms with Gasteiger partial charge in [0.15, 0.2) is 6.10 Å². The van der Waals surface area contributed by atoms with Crippen LogP contribution in [0.4, 0.5) is 17.1 Å². The molecule has 12 heteroatoms. The van der Waals surface area contributed by atoms with Crippen LogP contribution in [0.2, 0.25) is 0 Å². The third kappa shape index (κ3) is 8.39. The van der Waals surface area contributed by atoms with Gasteiger partial charge in [-0.15, -0.1) is 0 Å². The highest BCUT2D eigenvalue weighted by molar-refractivity contribution is 7.94. The van der Waals surface area contributed by atoms with E-state index < -0.39 is 33.4 Å². The lowest BCUT2D eigenvalue weighted by molar-refractivity contribution is -0.385. The standard InChI is InChI=1S/C26H25N3O8S/c1-26(2,3)36-25(31)18-6-8-19(9-7-18)27-24(30)23(16-17-4-10-20(11-5-17)28(32)33)37-38-22-14-12-21(13-15-22)29(34)35/h4-15,23H,16H2,1-3H3,(H,27,30). The molecule has 1 atom stereocenters. The molecule has 0 heterocycles. The molecule has 0 aliphatic rings. The topological polar surface area (TPSA) is 151 Å². The number of nitrogens with one attached hydrogen (secondary N) is 1. The van der Waals surface area contributed by atoms with Crippen LogP contribution in [0.15, 0.2) is 77.7 Å². The number of hydrogen-bond donors (Lipinski definition) is 1. The van der Waals surface area contributed by atoms with E-state index in [2.05, 4.69) is 5.32 Å². The third-order valence-electron chi connectivity index (χ3n) is 4.96. The van der Waals surface area contributed by atoms with Crippen molar-refractivity contribution in [1.82, 2.24) is 0 Å². The normalized spacial score (nSPS) is 11.9. The molecule has 1 unspecified atom stereocenters. The van der Waals surface area contributed by atoms with E-state index in [1.54, 1.807) is 32.9 Å². The predicted octanol–water partition coefficient (Wildman–Crippen LogP) is 5.73. The van der Waals surface area contributed by atoms with Crippen molar-refractivity contribution in [2.45, 2.75) is 43.8 Å². The zero-order valence-electron chi connectivity index (χ0n) is 20.8.